The summed E-state index contributed by atoms with van der Waals surface area (Å²) in [6.07, 6.45) is 0.691. The molecule has 1 heterocycles. The third-order valence-corrected chi connectivity index (χ3v) is 4.69. The topological polar surface area (TPSA) is 62.2 Å². The molecule has 1 fully saturated rings. The number of aliphatic hydroxyl groups excluding tert-OH is 1. The summed E-state index contributed by atoms with van der Waals surface area (Å²) in [7, 11) is 3.13. The highest BCUT2D eigenvalue weighted by Gasteiger charge is 2.58. The Labute approximate surface area is 110 Å². The van der Waals surface area contributed by atoms with Crippen LogP contribution in [0.3, 0.4) is 0 Å². The summed E-state index contributed by atoms with van der Waals surface area (Å²) in [6.45, 7) is 7.72. The van der Waals surface area contributed by atoms with E-state index in [1.54, 1.807) is 7.05 Å². The van der Waals surface area contributed by atoms with E-state index in [1.807, 2.05) is 27.7 Å². The van der Waals surface area contributed by atoms with Crippen LogP contribution in [0, 0.1) is 11.8 Å². The number of hydrogen-bond acceptors (Lipinski definition) is 5. The lowest BCUT2D eigenvalue weighted by Crippen LogP contribution is -2.68. The van der Waals surface area contributed by atoms with Gasteiger partial charge in [-0.2, -0.15) is 0 Å². The highest BCUT2D eigenvalue weighted by molar-refractivity contribution is 4.98. The lowest BCUT2D eigenvalue weighted by molar-refractivity contribution is -0.458. The van der Waals surface area contributed by atoms with E-state index in [-0.39, 0.29) is 11.8 Å². The Balaban J connectivity index is 3.15. The summed E-state index contributed by atoms with van der Waals surface area (Å²) in [6, 6.07) is 0. The van der Waals surface area contributed by atoms with Crippen molar-refractivity contribution in [2.24, 2.45) is 11.8 Å². The van der Waals surface area contributed by atoms with E-state index in [0.29, 0.717) is 12.8 Å². The van der Waals surface area contributed by atoms with Crippen molar-refractivity contribution in [1.82, 2.24) is 5.06 Å². The van der Waals surface area contributed by atoms with Gasteiger partial charge in [-0.25, -0.2) is 0 Å². The molecule has 0 aromatic heterocycles. The summed E-state index contributed by atoms with van der Waals surface area (Å²) < 4.78 is 5.91. The van der Waals surface area contributed by atoms with Gasteiger partial charge in [0.2, 0.25) is 0 Å². The fourth-order valence-electron chi connectivity index (χ4n) is 2.84. The minimum atomic E-state index is -1.51. The zero-order valence-corrected chi connectivity index (χ0v) is 12.3. The van der Waals surface area contributed by atoms with Gasteiger partial charge in [-0.05, 0) is 18.8 Å². The van der Waals surface area contributed by atoms with E-state index in [0.717, 1.165) is 0 Å². The second-order valence-corrected chi connectivity index (χ2v) is 5.31. The summed E-state index contributed by atoms with van der Waals surface area (Å²) in [5.74, 6) is -1.86. The summed E-state index contributed by atoms with van der Waals surface area (Å²) >= 11 is 0. The Morgan fingerprint density at radius 3 is 2.17 bits per heavy atom. The second kappa shape index (κ2) is 5.43. The molecule has 108 valence electrons. The van der Waals surface area contributed by atoms with Gasteiger partial charge in [-0.3, -0.25) is 4.84 Å². The molecular weight excluding hydrogens is 234 g/mol. The smallest absolute Gasteiger partial charge is 0.253 e. The number of aliphatic hydroxyl groups is 2. The standard InChI is InChI=1S/C13H27NO4/c1-7-12(8-2)11(15)9(3)10(4)13(16,18-12)14(5)17-6/h9-11,15-16H,7-8H2,1-6H3. The third-order valence-electron chi connectivity index (χ3n) is 4.69. The van der Waals surface area contributed by atoms with Crippen LogP contribution >= 0.6 is 0 Å². The van der Waals surface area contributed by atoms with Crippen molar-refractivity contribution >= 4 is 0 Å². The minimum Gasteiger partial charge on any atom is -0.390 e. The molecule has 4 unspecified atom stereocenters. The maximum absolute atomic E-state index is 10.8. The fraction of sp³-hybridized carbons (Fsp3) is 1.00. The maximum atomic E-state index is 10.8. The average molecular weight is 261 g/mol. The molecule has 0 spiro atoms. The third kappa shape index (κ3) is 2.18. The molecule has 0 radical (unpaired) electrons. The molecule has 0 aliphatic carbocycles. The van der Waals surface area contributed by atoms with Crippen molar-refractivity contribution in [1.29, 1.82) is 0 Å². The van der Waals surface area contributed by atoms with Gasteiger partial charge in [-0.1, -0.05) is 27.7 Å². The number of rotatable bonds is 4. The first-order chi connectivity index (χ1) is 8.29. The Morgan fingerprint density at radius 2 is 1.78 bits per heavy atom. The zero-order chi connectivity index (χ0) is 14.1. The summed E-state index contributed by atoms with van der Waals surface area (Å²) in [4.78, 5) is 5.11. The van der Waals surface area contributed by atoms with E-state index < -0.39 is 17.6 Å². The number of ether oxygens (including phenoxy) is 1. The fourth-order valence-corrected chi connectivity index (χ4v) is 2.84. The van der Waals surface area contributed by atoms with Crippen LogP contribution in [-0.2, 0) is 9.57 Å². The predicted molar refractivity (Wildman–Crippen MR) is 68.5 cm³/mol. The van der Waals surface area contributed by atoms with E-state index in [9.17, 15) is 10.2 Å². The SMILES string of the molecule is CCC1(CC)OC(O)(N(C)OC)C(C)C(C)C1O. The Kier molecular flexibility index (Phi) is 4.78. The van der Waals surface area contributed by atoms with Crippen LogP contribution < -0.4 is 0 Å². The van der Waals surface area contributed by atoms with Crippen LogP contribution in [0.25, 0.3) is 0 Å². The molecule has 5 nitrogen and oxygen atoms in total. The normalized spacial score (nSPS) is 40.2. The van der Waals surface area contributed by atoms with Gasteiger partial charge in [0.15, 0.2) is 0 Å². The van der Waals surface area contributed by atoms with Gasteiger partial charge < -0.3 is 14.9 Å². The van der Waals surface area contributed by atoms with E-state index in [2.05, 4.69) is 0 Å². The average Bonchev–Trinajstić information content (AvgIpc) is 2.39. The van der Waals surface area contributed by atoms with Crippen molar-refractivity contribution in [2.45, 2.75) is 58.2 Å². The molecule has 1 rings (SSSR count). The van der Waals surface area contributed by atoms with Crippen LogP contribution in [0.1, 0.15) is 40.5 Å². The zero-order valence-electron chi connectivity index (χ0n) is 12.3. The summed E-state index contributed by atoms with van der Waals surface area (Å²) in [5, 5.41) is 22.5. The first kappa shape index (κ1) is 15.9. The largest absolute Gasteiger partial charge is 0.390 e. The van der Waals surface area contributed by atoms with Crippen molar-refractivity contribution in [3.05, 3.63) is 0 Å². The highest BCUT2D eigenvalue weighted by Crippen LogP contribution is 2.46. The van der Waals surface area contributed by atoms with Crippen LogP contribution in [0.2, 0.25) is 0 Å². The maximum Gasteiger partial charge on any atom is 0.253 e. The lowest BCUT2D eigenvalue weighted by Gasteiger charge is -2.55. The predicted octanol–water partition coefficient (Wildman–Crippen LogP) is 1.35. The number of nitrogens with zero attached hydrogens (tertiary/aromatic N) is 1. The van der Waals surface area contributed by atoms with Gasteiger partial charge in [-0.15, -0.1) is 5.06 Å². The molecule has 0 saturated carbocycles. The molecule has 18 heavy (non-hydrogen) atoms. The molecule has 1 aliphatic rings. The quantitative estimate of drug-likeness (QED) is 0.591. The second-order valence-electron chi connectivity index (χ2n) is 5.31. The van der Waals surface area contributed by atoms with Crippen LogP contribution in [-0.4, -0.2) is 47.0 Å². The molecule has 1 saturated heterocycles. The van der Waals surface area contributed by atoms with Crippen molar-refractivity contribution < 1.29 is 19.8 Å². The van der Waals surface area contributed by atoms with Gasteiger partial charge in [0.05, 0.1) is 18.8 Å². The Hall–Kier alpha value is -0.200. The minimum absolute atomic E-state index is 0.0822. The van der Waals surface area contributed by atoms with Crippen LogP contribution in [0.4, 0.5) is 0 Å². The highest BCUT2D eigenvalue weighted by atomic mass is 16.8. The van der Waals surface area contributed by atoms with Gasteiger partial charge in [0.1, 0.15) is 0 Å². The van der Waals surface area contributed by atoms with Crippen molar-refractivity contribution in [2.75, 3.05) is 14.2 Å². The number of hydroxylamine groups is 2. The van der Waals surface area contributed by atoms with E-state index in [4.69, 9.17) is 9.57 Å². The van der Waals surface area contributed by atoms with Crippen LogP contribution in [0.5, 0.6) is 0 Å². The van der Waals surface area contributed by atoms with Gasteiger partial charge >= 0.3 is 0 Å². The molecule has 0 aromatic carbocycles. The molecule has 4 atom stereocenters. The van der Waals surface area contributed by atoms with Crippen LogP contribution in [0.15, 0.2) is 0 Å². The molecule has 0 bridgehead atoms. The van der Waals surface area contributed by atoms with Gasteiger partial charge in [0, 0.05) is 13.0 Å². The van der Waals surface area contributed by atoms with E-state index >= 15 is 0 Å². The monoisotopic (exact) mass is 261 g/mol. The molecule has 0 amide bonds. The van der Waals surface area contributed by atoms with Crippen molar-refractivity contribution in [3.63, 3.8) is 0 Å². The molecule has 2 N–H and O–H groups in total. The first-order valence-corrected chi connectivity index (χ1v) is 6.67. The Morgan fingerprint density at radius 1 is 1.28 bits per heavy atom. The molecule has 0 aromatic rings. The number of hydrogen-bond donors (Lipinski definition) is 2. The first-order valence-electron chi connectivity index (χ1n) is 6.67. The Bertz CT molecular complexity index is 282. The molecule has 5 heteroatoms. The lowest BCUT2D eigenvalue weighted by atomic mass is 9.74. The van der Waals surface area contributed by atoms with Gasteiger partial charge in [0.25, 0.3) is 5.91 Å². The van der Waals surface area contributed by atoms with Crippen molar-refractivity contribution in [3.8, 4) is 0 Å². The summed E-state index contributed by atoms with van der Waals surface area (Å²) in [5.41, 5.74) is -0.729. The molecular formula is C13H27NO4. The van der Waals surface area contributed by atoms with E-state index in [1.165, 1.54) is 12.2 Å². The molecule has 1 aliphatic heterocycles.